The number of nitrogens with zero attached hydrogens (tertiary/aromatic N) is 5. The number of aromatic nitrogens is 5. The monoisotopic (exact) mass is 455 g/mol. The van der Waals surface area contributed by atoms with E-state index in [4.69, 9.17) is 20.1 Å². The zero-order chi connectivity index (χ0) is 22.9. The molecule has 0 saturated carbocycles. The summed E-state index contributed by atoms with van der Waals surface area (Å²) in [5.41, 5.74) is 7.22. The third-order valence-electron chi connectivity index (χ3n) is 4.54. The van der Waals surface area contributed by atoms with Crippen LogP contribution in [0.2, 0.25) is 0 Å². The SMILES string of the molecule is Cn1ncc(-c2nc(-c3ccc(S(N)(=O)=O)cc3)no2)c1COc1ccc(C(N)=O)cn1. The number of hydrogen-bond acceptors (Lipinski definition) is 9. The van der Waals surface area contributed by atoms with Crippen LogP contribution in [0.15, 0.2) is 58.2 Å². The Kier molecular flexibility index (Phi) is 5.42. The molecule has 0 spiro atoms. The zero-order valence-corrected chi connectivity index (χ0v) is 17.5. The molecular weight excluding hydrogens is 438 g/mol. The van der Waals surface area contributed by atoms with E-state index >= 15 is 0 Å². The van der Waals surface area contributed by atoms with Gasteiger partial charge in [0.05, 0.1) is 27.9 Å². The van der Waals surface area contributed by atoms with E-state index in [1.807, 2.05) is 0 Å². The molecule has 13 heteroatoms. The van der Waals surface area contributed by atoms with E-state index in [1.165, 1.54) is 42.6 Å². The maximum absolute atomic E-state index is 11.4. The molecule has 0 saturated heterocycles. The highest BCUT2D eigenvalue weighted by atomic mass is 32.2. The third kappa shape index (κ3) is 4.33. The predicted molar refractivity (Wildman–Crippen MR) is 110 cm³/mol. The van der Waals surface area contributed by atoms with Crippen LogP contribution in [0.3, 0.4) is 0 Å². The largest absolute Gasteiger partial charge is 0.471 e. The van der Waals surface area contributed by atoms with Gasteiger partial charge in [-0.1, -0.05) is 5.16 Å². The summed E-state index contributed by atoms with van der Waals surface area (Å²) in [5.74, 6) is 0.187. The normalized spacial score (nSPS) is 11.4. The van der Waals surface area contributed by atoms with Crippen LogP contribution in [-0.4, -0.2) is 39.2 Å². The topological polar surface area (TPSA) is 182 Å². The summed E-state index contributed by atoms with van der Waals surface area (Å²) in [4.78, 5) is 19.5. The number of benzene rings is 1. The molecule has 0 bridgehead atoms. The van der Waals surface area contributed by atoms with E-state index in [1.54, 1.807) is 17.9 Å². The molecule has 0 aliphatic rings. The number of carbonyl (C=O) groups is 1. The maximum Gasteiger partial charge on any atom is 0.261 e. The molecule has 3 aromatic heterocycles. The number of hydrogen-bond donors (Lipinski definition) is 2. The molecule has 0 radical (unpaired) electrons. The number of primary sulfonamides is 1. The lowest BCUT2D eigenvalue weighted by Gasteiger charge is -2.07. The van der Waals surface area contributed by atoms with Gasteiger partial charge >= 0.3 is 0 Å². The number of pyridine rings is 1. The maximum atomic E-state index is 11.4. The fraction of sp³-hybridized carbons (Fsp3) is 0.105. The van der Waals surface area contributed by atoms with E-state index in [-0.39, 0.29) is 28.8 Å². The summed E-state index contributed by atoms with van der Waals surface area (Å²) in [6, 6.07) is 8.83. The van der Waals surface area contributed by atoms with E-state index in [9.17, 15) is 13.2 Å². The molecule has 0 aliphatic heterocycles. The number of carbonyl (C=O) groups excluding carboxylic acids is 1. The Labute approximate surface area is 181 Å². The van der Waals surface area contributed by atoms with Gasteiger partial charge in [0, 0.05) is 24.9 Å². The highest BCUT2D eigenvalue weighted by Crippen LogP contribution is 2.26. The second-order valence-corrected chi connectivity index (χ2v) is 8.22. The average Bonchev–Trinajstić information content (AvgIpc) is 3.39. The van der Waals surface area contributed by atoms with Crippen LogP contribution in [0.25, 0.3) is 22.8 Å². The van der Waals surface area contributed by atoms with Crippen molar-refractivity contribution in [3.8, 4) is 28.7 Å². The van der Waals surface area contributed by atoms with Crippen molar-refractivity contribution in [3.05, 3.63) is 60.0 Å². The first-order valence-electron chi connectivity index (χ1n) is 9.09. The average molecular weight is 455 g/mol. The van der Waals surface area contributed by atoms with Crippen LogP contribution in [0, 0.1) is 0 Å². The Balaban J connectivity index is 1.54. The summed E-state index contributed by atoms with van der Waals surface area (Å²) in [5, 5.41) is 13.3. The van der Waals surface area contributed by atoms with Gasteiger partial charge in [-0.3, -0.25) is 9.48 Å². The van der Waals surface area contributed by atoms with Crippen LogP contribution in [-0.2, 0) is 23.7 Å². The lowest BCUT2D eigenvalue weighted by molar-refractivity contribution is 0.1000. The molecule has 4 rings (SSSR count). The minimum Gasteiger partial charge on any atom is -0.471 e. The Morgan fingerprint density at radius 1 is 1.16 bits per heavy atom. The van der Waals surface area contributed by atoms with Crippen LogP contribution >= 0.6 is 0 Å². The van der Waals surface area contributed by atoms with Gasteiger partial charge in [0.1, 0.15) is 6.61 Å². The first-order valence-corrected chi connectivity index (χ1v) is 10.6. The molecule has 0 fully saturated rings. The van der Waals surface area contributed by atoms with Crippen LogP contribution < -0.4 is 15.6 Å². The Morgan fingerprint density at radius 2 is 1.91 bits per heavy atom. The second-order valence-electron chi connectivity index (χ2n) is 6.66. The Bertz CT molecular complexity index is 1380. The van der Waals surface area contributed by atoms with Gasteiger partial charge in [-0.2, -0.15) is 10.1 Å². The van der Waals surface area contributed by atoms with Gasteiger partial charge in [-0.15, -0.1) is 0 Å². The van der Waals surface area contributed by atoms with Crippen molar-refractivity contribution in [2.24, 2.45) is 17.9 Å². The minimum absolute atomic E-state index is 0.0193. The van der Waals surface area contributed by atoms with Gasteiger partial charge in [-0.25, -0.2) is 18.5 Å². The Morgan fingerprint density at radius 3 is 2.53 bits per heavy atom. The first-order chi connectivity index (χ1) is 15.2. The van der Waals surface area contributed by atoms with Crippen molar-refractivity contribution in [2.45, 2.75) is 11.5 Å². The van der Waals surface area contributed by atoms with Crippen LogP contribution in [0.5, 0.6) is 5.88 Å². The van der Waals surface area contributed by atoms with Crippen molar-refractivity contribution < 1.29 is 22.5 Å². The van der Waals surface area contributed by atoms with Gasteiger partial charge in [-0.05, 0) is 30.3 Å². The van der Waals surface area contributed by atoms with Gasteiger partial charge in [0.15, 0.2) is 0 Å². The van der Waals surface area contributed by atoms with E-state index in [0.29, 0.717) is 22.7 Å². The van der Waals surface area contributed by atoms with E-state index in [2.05, 4.69) is 20.2 Å². The first kappa shape index (κ1) is 21.1. The standard InChI is InChI=1S/C19H17N7O5S/c1-26-15(10-30-16-7-4-12(8-22-16)17(20)27)14(9-23-26)19-24-18(25-31-19)11-2-5-13(6-3-11)32(21,28)29/h2-9H,10H2,1H3,(H2,20,27)(H2,21,28,29). The molecule has 1 aromatic carbocycles. The smallest absolute Gasteiger partial charge is 0.261 e. The number of ether oxygens (including phenoxy) is 1. The van der Waals surface area contributed by atoms with Crippen molar-refractivity contribution in [3.63, 3.8) is 0 Å². The summed E-state index contributed by atoms with van der Waals surface area (Å²) in [7, 11) is -2.06. The molecule has 0 atom stereocenters. The molecular formula is C19H17N7O5S. The number of aryl methyl sites for hydroxylation is 1. The number of primary amides is 1. The molecule has 4 aromatic rings. The quantitative estimate of drug-likeness (QED) is 0.408. The number of rotatable bonds is 7. The molecule has 1 amide bonds. The van der Waals surface area contributed by atoms with E-state index < -0.39 is 15.9 Å². The summed E-state index contributed by atoms with van der Waals surface area (Å²) < 4.78 is 35.5. The van der Waals surface area contributed by atoms with Gasteiger partial charge in [0.25, 0.3) is 5.89 Å². The molecule has 4 N–H and O–H groups in total. The van der Waals surface area contributed by atoms with Gasteiger partial charge in [0.2, 0.25) is 27.6 Å². The lowest BCUT2D eigenvalue weighted by atomic mass is 10.2. The molecule has 0 aliphatic carbocycles. The minimum atomic E-state index is -3.80. The van der Waals surface area contributed by atoms with Crippen molar-refractivity contribution >= 4 is 15.9 Å². The number of nitrogens with two attached hydrogens (primary N) is 2. The molecule has 0 unspecified atom stereocenters. The lowest BCUT2D eigenvalue weighted by Crippen LogP contribution is -2.11. The molecule has 12 nitrogen and oxygen atoms in total. The predicted octanol–water partition coefficient (Wildman–Crippen LogP) is 0.857. The fourth-order valence-electron chi connectivity index (χ4n) is 2.81. The molecule has 164 valence electrons. The summed E-state index contributed by atoms with van der Waals surface area (Å²) in [6.45, 7) is 0.0928. The number of sulfonamides is 1. The zero-order valence-electron chi connectivity index (χ0n) is 16.7. The van der Waals surface area contributed by atoms with Crippen LogP contribution in [0.4, 0.5) is 0 Å². The highest BCUT2D eigenvalue weighted by molar-refractivity contribution is 7.89. The Hall–Kier alpha value is -4.10. The summed E-state index contributed by atoms with van der Waals surface area (Å²) in [6.07, 6.45) is 2.89. The fourth-order valence-corrected chi connectivity index (χ4v) is 3.33. The number of amides is 1. The van der Waals surface area contributed by atoms with E-state index in [0.717, 1.165) is 0 Å². The van der Waals surface area contributed by atoms with Crippen molar-refractivity contribution in [1.82, 2.24) is 24.9 Å². The molecule has 32 heavy (non-hydrogen) atoms. The van der Waals surface area contributed by atoms with Crippen molar-refractivity contribution in [1.29, 1.82) is 0 Å². The van der Waals surface area contributed by atoms with Crippen LogP contribution in [0.1, 0.15) is 16.1 Å². The third-order valence-corrected chi connectivity index (χ3v) is 5.47. The molecule has 3 heterocycles. The van der Waals surface area contributed by atoms with Gasteiger partial charge < -0.3 is 15.0 Å². The highest BCUT2D eigenvalue weighted by Gasteiger charge is 2.19. The second kappa shape index (κ2) is 8.20. The van der Waals surface area contributed by atoms with Crippen molar-refractivity contribution in [2.75, 3.05) is 0 Å². The summed E-state index contributed by atoms with van der Waals surface area (Å²) >= 11 is 0.